The van der Waals surface area contributed by atoms with Crippen LogP contribution in [0.15, 0.2) is 42.5 Å². The monoisotopic (exact) mass is 409 g/mol. The number of nitrogens with one attached hydrogen (secondary N) is 2. The summed E-state index contributed by atoms with van der Waals surface area (Å²) in [4.78, 5) is 36.7. The lowest BCUT2D eigenvalue weighted by atomic mass is 10.1. The van der Waals surface area contributed by atoms with Crippen molar-refractivity contribution in [3.8, 4) is 0 Å². The molecule has 0 saturated heterocycles. The quantitative estimate of drug-likeness (QED) is 0.518. The normalized spacial score (nSPS) is 11.4. The molecule has 2 rings (SSSR count). The van der Waals surface area contributed by atoms with E-state index in [0.717, 1.165) is 0 Å². The van der Waals surface area contributed by atoms with Gasteiger partial charge in [-0.25, -0.2) is 9.59 Å². The van der Waals surface area contributed by atoms with Crippen LogP contribution in [0, 0.1) is 0 Å². The number of hydrogen-bond donors (Lipinski definition) is 3. The Morgan fingerprint density at radius 3 is 2.44 bits per heavy atom. The van der Waals surface area contributed by atoms with Gasteiger partial charge < -0.3 is 15.8 Å². The second-order valence-corrected chi connectivity index (χ2v) is 6.24. The number of benzene rings is 2. The summed E-state index contributed by atoms with van der Waals surface area (Å²) in [6, 6.07) is 10.2. The molecule has 7 nitrogen and oxygen atoms in total. The summed E-state index contributed by atoms with van der Waals surface area (Å²) in [7, 11) is 0. The van der Waals surface area contributed by atoms with Gasteiger partial charge in [0.25, 0.3) is 5.91 Å². The molecule has 0 aliphatic carbocycles. The molecular weight excluding hydrogens is 393 g/mol. The maximum atomic E-state index is 12.6. The minimum absolute atomic E-state index is 0.0259. The minimum atomic E-state index is -1.38. The highest BCUT2D eigenvalue weighted by Gasteiger charge is 2.28. The number of rotatable bonds is 5. The SMILES string of the molecule is CCNC(=O)NC(=O)[C@H](OC(=O)c1cc(Cl)cc(Cl)c1N)c1ccccc1. The average molecular weight is 410 g/mol. The Morgan fingerprint density at radius 2 is 1.81 bits per heavy atom. The van der Waals surface area contributed by atoms with Gasteiger partial charge in [-0.2, -0.15) is 0 Å². The summed E-state index contributed by atoms with van der Waals surface area (Å²) in [5.74, 6) is -1.72. The molecule has 1 atom stereocenters. The van der Waals surface area contributed by atoms with Gasteiger partial charge in [-0.1, -0.05) is 53.5 Å². The van der Waals surface area contributed by atoms with Crippen molar-refractivity contribution in [1.29, 1.82) is 0 Å². The van der Waals surface area contributed by atoms with Crippen LogP contribution in [-0.4, -0.2) is 24.5 Å². The third-order valence-electron chi connectivity index (χ3n) is 3.45. The standard InChI is InChI=1S/C18H17Cl2N3O4/c1-2-22-18(26)23-16(24)15(10-6-4-3-5-7-10)27-17(25)12-8-11(19)9-13(20)14(12)21/h3-9,15H,2,21H2,1H3,(H2,22,23,24,26)/t15-/m1/s1. The molecule has 0 spiro atoms. The van der Waals surface area contributed by atoms with E-state index in [0.29, 0.717) is 12.1 Å². The number of esters is 1. The van der Waals surface area contributed by atoms with Crippen LogP contribution in [0.25, 0.3) is 0 Å². The molecule has 2 aromatic carbocycles. The maximum absolute atomic E-state index is 12.6. The largest absolute Gasteiger partial charge is 0.444 e. The average Bonchev–Trinajstić information content (AvgIpc) is 2.63. The van der Waals surface area contributed by atoms with Crippen molar-refractivity contribution in [1.82, 2.24) is 10.6 Å². The van der Waals surface area contributed by atoms with Gasteiger partial charge in [0.15, 0.2) is 0 Å². The number of nitrogens with two attached hydrogens (primary N) is 1. The first-order valence-electron chi connectivity index (χ1n) is 7.92. The van der Waals surface area contributed by atoms with Crippen molar-refractivity contribution in [3.63, 3.8) is 0 Å². The van der Waals surface area contributed by atoms with Crippen molar-refractivity contribution in [2.45, 2.75) is 13.0 Å². The summed E-state index contributed by atoms with van der Waals surface area (Å²) in [5, 5.41) is 4.82. The molecule has 142 valence electrons. The molecule has 0 aliphatic rings. The molecule has 0 saturated carbocycles. The predicted molar refractivity (Wildman–Crippen MR) is 103 cm³/mol. The molecule has 4 N–H and O–H groups in total. The minimum Gasteiger partial charge on any atom is -0.444 e. The Hall–Kier alpha value is -2.77. The van der Waals surface area contributed by atoms with Gasteiger partial charge in [0.2, 0.25) is 6.10 Å². The number of halogens is 2. The highest BCUT2D eigenvalue weighted by atomic mass is 35.5. The zero-order chi connectivity index (χ0) is 20.0. The Bertz CT molecular complexity index is 859. The van der Waals surface area contributed by atoms with Gasteiger partial charge in [-0.3, -0.25) is 10.1 Å². The van der Waals surface area contributed by atoms with E-state index in [-0.39, 0.29) is 21.3 Å². The Kier molecular flexibility index (Phi) is 7.04. The molecule has 0 heterocycles. The van der Waals surface area contributed by atoms with E-state index in [1.165, 1.54) is 12.1 Å². The number of carbonyl (C=O) groups is 3. The fourth-order valence-corrected chi connectivity index (χ4v) is 2.70. The topological polar surface area (TPSA) is 111 Å². The lowest BCUT2D eigenvalue weighted by molar-refractivity contribution is -0.129. The second-order valence-electron chi connectivity index (χ2n) is 5.39. The fourth-order valence-electron chi connectivity index (χ4n) is 2.21. The van der Waals surface area contributed by atoms with Crippen LogP contribution in [0.3, 0.4) is 0 Å². The van der Waals surface area contributed by atoms with Gasteiger partial charge in [0.05, 0.1) is 16.3 Å². The second kappa shape index (κ2) is 9.25. The summed E-state index contributed by atoms with van der Waals surface area (Å²) in [6.07, 6.45) is -1.38. The van der Waals surface area contributed by atoms with Crippen molar-refractivity contribution in [2.75, 3.05) is 12.3 Å². The van der Waals surface area contributed by atoms with E-state index >= 15 is 0 Å². The van der Waals surface area contributed by atoms with Crippen molar-refractivity contribution in [3.05, 3.63) is 63.6 Å². The molecule has 0 aromatic heterocycles. The van der Waals surface area contributed by atoms with Crippen LogP contribution in [-0.2, 0) is 9.53 Å². The Morgan fingerprint density at radius 1 is 1.15 bits per heavy atom. The van der Waals surface area contributed by atoms with Crippen LogP contribution in [0.1, 0.15) is 28.9 Å². The summed E-state index contributed by atoms with van der Waals surface area (Å²) in [6.45, 7) is 2.02. The van der Waals surface area contributed by atoms with Gasteiger partial charge in [-0.05, 0) is 19.1 Å². The zero-order valence-electron chi connectivity index (χ0n) is 14.3. The highest BCUT2D eigenvalue weighted by molar-refractivity contribution is 6.37. The predicted octanol–water partition coefficient (Wildman–Crippen LogP) is 3.32. The molecule has 2 aromatic rings. The van der Waals surface area contributed by atoms with E-state index in [2.05, 4.69) is 10.6 Å². The first-order valence-corrected chi connectivity index (χ1v) is 8.68. The van der Waals surface area contributed by atoms with Crippen molar-refractivity contribution in [2.24, 2.45) is 0 Å². The number of imide groups is 1. The van der Waals surface area contributed by atoms with E-state index in [4.69, 9.17) is 33.7 Å². The molecule has 0 aliphatic heterocycles. The third kappa shape index (κ3) is 5.35. The summed E-state index contributed by atoms with van der Waals surface area (Å²) >= 11 is 11.8. The smallest absolute Gasteiger partial charge is 0.341 e. The van der Waals surface area contributed by atoms with E-state index < -0.39 is 24.0 Å². The van der Waals surface area contributed by atoms with E-state index in [9.17, 15) is 14.4 Å². The molecule has 9 heteroatoms. The zero-order valence-corrected chi connectivity index (χ0v) is 15.8. The molecule has 0 radical (unpaired) electrons. The van der Waals surface area contributed by atoms with E-state index in [1.54, 1.807) is 37.3 Å². The van der Waals surface area contributed by atoms with Crippen LogP contribution in [0.2, 0.25) is 10.0 Å². The van der Waals surface area contributed by atoms with Gasteiger partial charge in [-0.15, -0.1) is 0 Å². The lowest BCUT2D eigenvalue weighted by Gasteiger charge is -2.18. The van der Waals surface area contributed by atoms with Crippen LogP contribution in [0.5, 0.6) is 0 Å². The maximum Gasteiger partial charge on any atom is 0.341 e. The summed E-state index contributed by atoms with van der Waals surface area (Å²) < 4.78 is 5.33. The number of nitrogen functional groups attached to an aromatic ring is 1. The van der Waals surface area contributed by atoms with Gasteiger partial charge >= 0.3 is 12.0 Å². The molecule has 0 fully saturated rings. The number of carbonyl (C=O) groups excluding carboxylic acids is 3. The number of ether oxygens (including phenoxy) is 1. The number of anilines is 1. The van der Waals surface area contributed by atoms with Crippen LogP contribution < -0.4 is 16.4 Å². The molecule has 27 heavy (non-hydrogen) atoms. The fraction of sp³-hybridized carbons (Fsp3) is 0.167. The summed E-state index contributed by atoms with van der Waals surface area (Å²) in [5.41, 5.74) is 6.07. The Labute approximate surface area is 165 Å². The van der Waals surface area contributed by atoms with Crippen LogP contribution in [0.4, 0.5) is 10.5 Å². The van der Waals surface area contributed by atoms with Crippen molar-refractivity contribution >= 4 is 46.8 Å². The first-order chi connectivity index (χ1) is 12.8. The number of urea groups is 1. The number of amides is 3. The van der Waals surface area contributed by atoms with Crippen molar-refractivity contribution < 1.29 is 19.1 Å². The third-order valence-corrected chi connectivity index (χ3v) is 3.98. The lowest BCUT2D eigenvalue weighted by Crippen LogP contribution is -2.42. The number of hydrogen-bond acceptors (Lipinski definition) is 5. The van der Waals surface area contributed by atoms with Gasteiger partial charge in [0.1, 0.15) is 0 Å². The van der Waals surface area contributed by atoms with Gasteiger partial charge in [0, 0.05) is 17.1 Å². The molecule has 0 bridgehead atoms. The molecular formula is C18H17Cl2N3O4. The molecule has 0 unspecified atom stereocenters. The first kappa shape index (κ1) is 20.5. The highest BCUT2D eigenvalue weighted by Crippen LogP contribution is 2.29. The Balaban J connectivity index is 2.31. The molecule has 3 amide bonds. The van der Waals surface area contributed by atoms with Crippen LogP contribution >= 0.6 is 23.2 Å². The van der Waals surface area contributed by atoms with E-state index in [1.807, 2.05) is 0 Å².